The van der Waals surface area contributed by atoms with E-state index in [2.05, 4.69) is 11.4 Å². The van der Waals surface area contributed by atoms with Gasteiger partial charge in [0.25, 0.3) is 0 Å². The quantitative estimate of drug-likeness (QED) is 0.867. The van der Waals surface area contributed by atoms with Gasteiger partial charge in [-0.3, -0.25) is 0 Å². The number of hydrogen-bond acceptors (Lipinski definition) is 4. The van der Waals surface area contributed by atoms with Crippen LogP contribution in [0.4, 0.5) is 5.69 Å². The van der Waals surface area contributed by atoms with Crippen LogP contribution >= 0.6 is 0 Å². The summed E-state index contributed by atoms with van der Waals surface area (Å²) in [4.78, 5) is 0. The number of methoxy groups -OCH3 is 1. The molecule has 1 aliphatic heterocycles. The molecule has 0 aromatic heterocycles. The number of ether oxygens (including phenoxy) is 2. The first kappa shape index (κ1) is 11.7. The first-order valence-corrected chi connectivity index (χ1v) is 5.66. The van der Waals surface area contributed by atoms with Crippen LogP contribution in [0.3, 0.4) is 0 Å². The Morgan fingerprint density at radius 1 is 1.53 bits per heavy atom. The minimum absolute atomic E-state index is 0.127. The van der Waals surface area contributed by atoms with Crippen molar-refractivity contribution in [3.05, 3.63) is 24.3 Å². The molecule has 2 rings (SSSR count). The minimum Gasteiger partial charge on any atom is -0.495 e. The first-order valence-electron chi connectivity index (χ1n) is 5.66. The summed E-state index contributed by atoms with van der Waals surface area (Å²) in [5.41, 5.74) is 0.170. The van der Waals surface area contributed by atoms with Crippen LogP contribution in [0.1, 0.15) is 13.3 Å². The lowest BCUT2D eigenvalue weighted by Crippen LogP contribution is -2.43. The summed E-state index contributed by atoms with van der Waals surface area (Å²) in [6, 6.07) is 9.92. The molecule has 1 fully saturated rings. The third-order valence-corrected chi connectivity index (χ3v) is 3.22. The summed E-state index contributed by atoms with van der Waals surface area (Å²) < 4.78 is 10.7. The van der Waals surface area contributed by atoms with Crippen LogP contribution in [0.15, 0.2) is 24.3 Å². The summed E-state index contributed by atoms with van der Waals surface area (Å²) >= 11 is 0. The van der Waals surface area contributed by atoms with Gasteiger partial charge in [-0.25, -0.2) is 0 Å². The predicted octanol–water partition coefficient (Wildman–Crippen LogP) is 2.18. The Morgan fingerprint density at radius 3 is 2.88 bits per heavy atom. The maximum atomic E-state index is 9.38. The number of nitrogens with one attached hydrogen (secondary N) is 1. The number of hydrogen-bond donors (Lipinski definition) is 1. The second kappa shape index (κ2) is 4.64. The van der Waals surface area contributed by atoms with Crippen molar-refractivity contribution in [1.82, 2.24) is 0 Å². The second-order valence-corrected chi connectivity index (χ2v) is 4.17. The Bertz CT molecular complexity index is 441. The molecule has 4 nitrogen and oxygen atoms in total. The monoisotopic (exact) mass is 232 g/mol. The maximum absolute atomic E-state index is 9.38. The van der Waals surface area contributed by atoms with Gasteiger partial charge in [0.15, 0.2) is 5.54 Å². The van der Waals surface area contributed by atoms with E-state index in [4.69, 9.17) is 9.47 Å². The van der Waals surface area contributed by atoms with Crippen molar-refractivity contribution in [1.29, 1.82) is 5.26 Å². The van der Waals surface area contributed by atoms with E-state index in [9.17, 15) is 5.26 Å². The second-order valence-electron chi connectivity index (χ2n) is 4.17. The number of anilines is 1. The maximum Gasteiger partial charge on any atom is 0.153 e. The molecule has 0 saturated carbocycles. The highest BCUT2D eigenvalue weighted by Gasteiger charge is 2.42. The number of para-hydroxylation sites is 2. The molecule has 1 N–H and O–H groups in total. The van der Waals surface area contributed by atoms with E-state index in [0.29, 0.717) is 13.0 Å². The molecular weight excluding hydrogens is 216 g/mol. The molecule has 1 aromatic rings. The van der Waals surface area contributed by atoms with Crippen molar-refractivity contribution >= 4 is 5.69 Å². The topological polar surface area (TPSA) is 54.3 Å². The van der Waals surface area contributed by atoms with Gasteiger partial charge < -0.3 is 14.8 Å². The van der Waals surface area contributed by atoms with E-state index in [-0.39, 0.29) is 6.10 Å². The SMILES string of the molecule is COc1ccccc1NC1(C#N)CCOC1C. The van der Waals surface area contributed by atoms with Gasteiger partial charge in [-0.2, -0.15) is 5.26 Å². The number of nitriles is 1. The van der Waals surface area contributed by atoms with E-state index >= 15 is 0 Å². The summed E-state index contributed by atoms with van der Waals surface area (Å²) in [7, 11) is 1.62. The lowest BCUT2D eigenvalue weighted by molar-refractivity contribution is 0.112. The Balaban J connectivity index is 2.28. The van der Waals surface area contributed by atoms with Gasteiger partial charge in [-0.1, -0.05) is 12.1 Å². The lowest BCUT2D eigenvalue weighted by Gasteiger charge is -2.27. The van der Waals surface area contributed by atoms with Crippen molar-refractivity contribution in [2.75, 3.05) is 19.0 Å². The van der Waals surface area contributed by atoms with Crippen molar-refractivity contribution in [3.63, 3.8) is 0 Å². The Morgan fingerprint density at radius 2 is 2.29 bits per heavy atom. The molecule has 2 atom stereocenters. The van der Waals surface area contributed by atoms with E-state index in [1.165, 1.54) is 0 Å². The molecule has 2 unspecified atom stereocenters. The van der Waals surface area contributed by atoms with E-state index in [0.717, 1.165) is 11.4 Å². The zero-order valence-electron chi connectivity index (χ0n) is 10.1. The average molecular weight is 232 g/mol. The largest absolute Gasteiger partial charge is 0.495 e. The molecule has 1 aliphatic rings. The van der Waals surface area contributed by atoms with Crippen molar-refractivity contribution in [2.45, 2.75) is 25.0 Å². The fraction of sp³-hybridized carbons (Fsp3) is 0.462. The molecular formula is C13H16N2O2. The molecule has 0 spiro atoms. The summed E-state index contributed by atoms with van der Waals surface area (Å²) in [6.07, 6.45) is 0.556. The lowest BCUT2D eigenvalue weighted by atomic mass is 9.93. The number of rotatable bonds is 3. The van der Waals surface area contributed by atoms with Crippen LogP contribution in [0.5, 0.6) is 5.75 Å². The fourth-order valence-electron chi connectivity index (χ4n) is 2.07. The van der Waals surface area contributed by atoms with E-state index in [1.54, 1.807) is 7.11 Å². The first-order chi connectivity index (χ1) is 8.22. The molecule has 0 aliphatic carbocycles. The van der Waals surface area contributed by atoms with Crippen molar-refractivity contribution < 1.29 is 9.47 Å². The van der Waals surface area contributed by atoms with Gasteiger partial charge >= 0.3 is 0 Å². The van der Waals surface area contributed by atoms with Crippen molar-refractivity contribution in [2.24, 2.45) is 0 Å². The van der Waals surface area contributed by atoms with Crippen LogP contribution in [-0.2, 0) is 4.74 Å². The average Bonchev–Trinajstić information content (AvgIpc) is 2.72. The van der Waals surface area contributed by atoms with Gasteiger partial charge in [0.05, 0.1) is 31.6 Å². The van der Waals surface area contributed by atoms with Crippen LogP contribution in [0.25, 0.3) is 0 Å². The Kier molecular flexibility index (Phi) is 3.21. The van der Waals surface area contributed by atoms with Crippen molar-refractivity contribution in [3.8, 4) is 11.8 Å². The number of nitrogens with zero attached hydrogens (tertiary/aromatic N) is 1. The Hall–Kier alpha value is -1.73. The molecule has 1 heterocycles. The van der Waals surface area contributed by atoms with Crippen LogP contribution in [0.2, 0.25) is 0 Å². The molecule has 0 bridgehead atoms. The highest BCUT2D eigenvalue weighted by atomic mass is 16.5. The molecule has 0 radical (unpaired) electrons. The van der Waals surface area contributed by atoms with Gasteiger partial charge in [0.1, 0.15) is 5.75 Å². The van der Waals surface area contributed by atoms with Crippen LogP contribution in [0, 0.1) is 11.3 Å². The highest BCUT2D eigenvalue weighted by Crippen LogP contribution is 2.33. The third kappa shape index (κ3) is 2.06. The van der Waals surface area contributed by atoms with E-state index < -0.39 is 5.54 Å². The summed E-state index contributed by atoms with van der Waals surface area (Å²) in [5, 5.41) is 12.6. The standard InChI is InChI=1S/C13H16N2O2/c1-10-13(9-14,7-8-17-10)15-11-5-3-4-6-12(11)16-2/h3-6,10,15H,7-8H2,1-2H3. The minimum atomic E-state index is -0.658. The fourth-order valence-corrected chi connectivity index (χ4v) is 2.07. The zero-order valence-corrected chi connectivity index (χ0v) is 10.1. The molecule has 0 amide bonds. The van der Waals surface area contributed by atoms with Gasteiger partial charge in [-0.05, 0) is 19.1 Å². The zero-order chi connectivity index (χ0) is 12.3. The normalized spacial score (nSPS) is 27.5. The van der Waals surface area contributed by atoms with E-state index in [1.807, 2.05) is 31.2 Å². The predicted molar refractivity (Wildman–Crippen MR) is 65.0 cm³/mol. The van der Waals surface area contributed by atoms with Crippen LogP contribution < -0.4 is 10.1 Å². The molecule has 1 saturated heterocycles. The third-order valence-electron chi connectivity index (χ3n) is 3.22. The molecule has 1 aromatic carbocycles. The highest BCUT2D eigenvalue weighted by molar-refractivity contribution is 5.59. The van der Waals surface area contributed by atoms with Gasteiger partial charge in [0, 0.05) is 6.42 Å². The molecule has 17 heavy (non-hydrogen) atoms. The summed E-state index contributed by atoms with van der Waals surface area (Å²) in [6.45, 7) is 2.52. The summed E-state index contributed by atoms with van der Waals surface area (Å²) in [5.74, 6) is 0.737. The van der Waals surface area contributed by atoms with Gasteiger partial charge in [0.2, 0.25) is 0 Å². The van der Waals surface area contributed by atoms with Crippen LogP contribution in [-0.4, -0.2) is 25.4 Å². The molecule has 4 heteroatoms. The number of benzene rings is 1. The smallest absolute Gasteiger partial charge is 0.153 e. The molecule has 90 valence electrons. The Labute approximate surface area is 101 Å². The van der Waals surface area contributed by atoms with Gasteiger partial charge in [-0.15, -0.1) is 0 Å².